The van der Waals surface area contributed by atoms with Crippen LogP contribution in [-0.4, -0.2) is 17.4 Å². The molecule has 0 saturated heterocycles. The first-order valence-electron chi connectivity index (χ1n) is 13.3. The van der Waals surface area contributed by atoms with Crippen molar-refractivity contribution in [3.8, 4) is 23.0 Å². The smallest absolute Gasteiger partial charge is 0.343 e. The van der Waals surface area contributed by atoms with Crippen LogP contribution >= 0.6 is 0 Å². The summed E-state index contributed by atoms with van der Waals surface area (Å²) in [6.07, 6.45) is 6.41. The van der Waals surface area contributed by atoms with Gasteiger partial charge in [-0.3, -0.25) is 4.79 Å². The molecule has 198 valence electrons. The van der Waals surface area contributed by atoms with Gasteiger partial charge in [0.15, 0.2) is 0 Å². The van der Waals surface area contributed by atoms with Crippen molar-refractivity contribution in [3.05, 3.63) is 118 Å². The fraction of sp³-hybridized carbons (Fsp3) is 0.235. The molecule has 0 aliphatic heterocycles. The van der Waals surface area contributed by atoms with Crippen molar-refractivity contribution < 1.29 is 24.2 Å². The monoisotopic (exact) mass is 520 g/mol. The number of hydrogen-bond donors (Lipinski definition) is 1. The minimum Gasteiger partial charge on any atom is -0.508 e. The van der Waals surface area contributed by atoms with Gasteiger partial charge in [-0.2, -0.15) is 0 Å². The van der Waals surface area contributed by atoms with Gasteiger partial charge in [-0.15, -0.1) is 0 Å². The predicted molar refractivity (Wildman–Crippen MR) is 151 cm³/mol. The van der Waals surface area contributed by atoms with Crippen LogP contribution in [0.25, 0.3) is 0 Å². The number of phenols is 1. The van der Waals surface area contributed by atoms with Gasteiger partial charge in [0.1, 0.15) is 29.3 Å². The first-order valence-corrected chi connectivity index (χ1v) is 13.3. The van der Waals surface area contributed by atoms with Crippen LogP contribution in [0, 0.1) is 13.8 Å². The van der Waals surface area contributed by atoms with E-state index < -0.39 is 5.97 Å². The molecule has 5 nitrogen and oxygen atoms in total. The zero-order valence-corrected chi connectivity index (χ0v) is 22.3. The summed E-state index contributed by atoms with van der Waals surface area (Å²) in [7, 11) is 0. The summed E-state index contributed by atoms with van der Waals surface area (Å²) < 4.78 is 11.6. The number of aromatic hydroxyl groups is 1. The molecule has 5 rings (SSSR count). The van der Waals surface area contributed by atoms with Gasteiger partial charge in [0.2, 0.25) is 0 Å². The fourth-order valence-electron chi connectivity index (χ4n) is 5.48. The Bertz CT molecular complexity index is 1480. The van der Waals surface area contributed by atoms with E-state index >= 15 is 0 Å². The first-order chi connectivity index (χ1) is 18.9. The number of benzene rings is 4. The molecular weight excluding hydrogens is 488 g/mol. The summed E-state index contributed by atoms with van der Waals surface area (Å²) >= 11 is 0. The quantitative estimate of drug-likeness (QED) is 0.151. The van der Waals surface area contributed by atoms with Gasteiger partial charge in [-0.05, 0) is 110 Å². The number of rotatable bonds is 7. The summed E-state index contributed by atoms with van der Waals surface area (Å²) in [5.41, 5.74) is 5.11. The lowest BCUT2D eigenvalue weighted by Crippen LogP contribution is -2.30. The SMILES string of the molecule is Cc1cc(C2(c3ccc(OC(=O)c4ccc(Oc5ccc(C=O)cc5)cc4)c(C)c3)CCCCC2)ccc1O. The highest BCUT2D eigenvalue weighted by atomic mass is 16.5. The topological polar surface area (TPSA) is 72.8 Å². The van der Waals surface area contributed by atoms with Gasteiger partial charge in [0, 0.05) is 11.0 Å². The van der Waals surface area contributed by atoms with Crippen LogP contribution < -0.4 is 9.47 Å². The van der Waals surface area contributed by atoms with E-state index in [9.17, 15) is 14.7 Å². The lowest BCUT2D eigenvalue weighted by molar-refractivity contribution is 0.0733. The number of phenolic OH excluding ortho intramolecular Hbond substituents is 1. The van der Waals surface area contributed by atoms with E-state index in [4.69, 9.17) is 9.47 Å². The molecule has 1 aliphatic carbocycles. The van der Waals surface area contributed by atoms with Crippen LogP contribution in [0.3, 0.4) is 0 Å². The van der Waals surface area contributed by atoms with Gasteiger partial charge < -0.3 is 14.6 Å². The van der Waals surface area contributed by atoms with Crippen LogP contribution in [0.4, 0.5) is 0 Å². The van der Waals surface area contributed by atoms with E-state index in [1.807, 2.05) is 26.0 Å². The van der Waals surface area contributed by atoms with Crippen molar-refractivity contribution in [2.75, 3.05) is 0 Å². The molecule has 1 aliphatic rings. The number of aldehydes is 1. The third-order valence-corrected chi connectivity index (χ3v) is 7.73. The maximum atomic E-state index is 12.9. The van der Waals surface area contributed by atoms with E-state index in [0.29, 0.717) is 34.1 Å². The second-order valence-corrected chi connectivity index (χ2v) is 10.3. The van der Waals surface area contributed by atoms with Gasteiger partial charge in [0.05, 0.1) is 5.56 Å². The Labute approximate surface area is 229 Å². The summed E-state index contributed by atoms with van der Waals surface area (Å²) in [6.45, 7) is 3.91. The molecule has 1 N–H and O–H groups in total. The molecule has 39 heavy (non-hydrogen) atoms. The van der Waals surface area contributed by atoms with Crippen molar-refractivity contribution in [3.63, 3.8) is 0 Å². The molecule has 4 aromatic carbocycles. The molecule has 1 saturated carbocycles. The van der Waals surface area contributed by atoms with Crippen LogP contribution in [0.1, 0.15) is 75.1 Å². The van der Waals surface area contributed by atoms with Gasteiger partial charge in [-0.1, -0.05) is 43.5 Å². The van der Waals surface area contributed by atoms with Crippen LogP contribution in [0.2, 0.25) is 0 Å². The van der Waals surface area contributed by atoms with E-state index in [1.165, 1.54) is 17.5 Å². The number of carbonyl (C=O) groups is 2. The lowest BCUT2D eigenvalue weighted by atomic mass is 9.65. The third-order valence-electron chi connectivity index (χ3n) is 7.73. The zero-order valence-electron chi connectivity index (χ0n) is 22.3. The van der Waals surface area contributed by atoms with Crippen molar-refractivity contribution in [1.29, 1.82) is 0 Å². The Morgan fingerprint density at radius 3 is 1.95 bits per heavy atom. The summed E-state index contributed by atoms with van der Waals surface area (Å²) in [5, 5.41) is 10.1. The average molecular weight is 521 g/mol. The van der Waals surface area contributed by atoms with E-state index in [0.717, 1.165) is 43.1 Å². The largest absolute Gasteiger partial charge is 0.508 e. The minimum absolute atomic E-state index is 0.118. The molecule has 0 amide bonds. The van der Waals surface area contributed by atoms with Crippen LogP contribution in [0.5, 0.6) is 23.0 Å². The average Bonchev–Trinajstić information content (AvgIpc) is 2.96. The summed E-state index contributed by atoms with van der Waals surface area (Å²) in [4.78, 5) is 23.7. The highest BCUT2D eigenvalue weighted by molar-refractivity contribution is 5.91. The fourth-order valence-corrected chi connectivity index (χ4v) is 5.48. The standard InChI is InChI=1S/C34H32O5/c1-23-20-27(10-16-31(23)36)34(18-4-3-5-19-34)28-11-17-32(24(2)21-28)39-33(37)26-8-14-30(15-9-26)38-29-12-6-25(22-35)7-13-29/h6-17,20-22,36H,3-5,18-19H2,1-2H3. The van der Waals surface area contributed by atoms with E-state index in [1.54, 1.807) is 54.6 Å². The molecule has 0 unspecified atom stereocenters. The molecule has 0 aromatic heterocycles. The Morgan fingerprint density at radius 1 is 0.769 bits per heavy atom. The Kier molecular flexibility index (Phi) is 7.51. The normalized spacial score (nSPS) is 14.4. The maximum absolute atomic E-state index is 12.9. The highest BCUT2D eigenvalue weighted by Gasteiger charge is 2.36. The summed E-state index contributed by atoms with van der Waals surface area (Å²) in [6, 6.07) is 25.7. The maximum Gasteiger partial charge on any atom is 0.343 e. The number of hydrogen-bond acceptors (Lipinski definition) is 5. The van der Waals surface area contributed by atoms with Crippen LogP contribution in [-0.2, 0) is 5.41 Å². The molecule has 5 heteroatoms. The number of esters is 1. The number of aryl methyl sites for hydroxylation is 2. The molecule has 4 aromatic rings. The zero-order chi connectivity index (χ0) is 27.4. The molecule has 0 atom stereocenters. The molecule has 0 spiro atoms. The third kappa shape index (κ3) is 5.58. The Hall–Kier alpha value is -4.38. The molecule has 0 heterocycles. The van der Waals surface area contributed by atoms with Gasteiger partial charge in [0.25, 0.3) is 0 Å². The van der Waals surface area contributed by atoms with E-state index in [-0.39, 0.29) is 5.41 Å². The predicted octanol–water partition coefficient (Wildman–Crippen LogP) is 8.08. The second kappa shape index (κ2) is 11.2. The summed E-state index contributed by atoms with van der Waals surface area (Å²) in [5.74, 6) is 1.59. The van der Waals surface area contributed by atoms with Crippen molar-refractivity contribution >= 4 is 12.3 Å². The van der Waals surface area contributed by atoms with E-state index in [2.05, 4.69) is 18.2 Å². The van der Waals surface area contributed by atoms with Gasteiger partial charge >= 0.3 is 5.97 Å². The van der Waals surface area contributed by atoms with Gasteiger partial charge in [-0.25, -0.2) is 4.79 Å². The van der Waals surface area contributed by atoms with Crippen LogP contribution in [0.15, 0.2) is 84.9 Å². The van der Waals surface area contributed by atoms with Crippen molar-refractivity contribution in [1.82, 2.24) is 0 Å². The molecular formula is C34H32O5. The lowest BCUT2D eigenvalue weighted by Gasteiger charge is -2.39. The molecule has 1 fully saturated rings. The highest BCUT2D eigenvalue weighted by Crippen LogP contribution is 2.46. The number of ether oxygens (including phenoxy) is 2. The molecule has 0 radical (unpaired) electrons. The number of carbonyl (C=O) groups excluding carboxylic acids is 2. The van der Waals surface area contributed by atoms with Crippen molar-refractivity contribution in [2.24, 2.45) is 0 Å². The minimum atomic E-state index is -0.436. The second-order valence-electron chi connectivity index (χ2n) is 10.3. The Balaban J connectivity index is 1.32. The van der Waals surface area contributed by atoms with Crippen molar-refractivity contribution in [2.45, 2.75) is 51.4 Å². The molecule has 0 bridgehead atoms. The Morgan fingerprint density at radius 2 is 1.36 bits per heavy atom. The first kappa shape index (κ1) is 26.2.